The number of benzene rings is 1. The standard InChI is InChI=1S/C25H30N4O5S/c1-4-11-34-25(31)20(16-26)24-29(5-2)23(30)22(35-24)17-27-19-7-6-18(3)21(15-19)33-14-10-28-8-12-32-13-9-28/h4,6-7,15,17,27H,1,5,8-14H2,2-3H3/b22-17+,24-20-. The lowest BCUT2D eigenvalue weighted by molar-refractivity contribution is -0.135. The van der Waals surface area contributed by atoms with Crippen molar-refractivity contribution < 1.29 is 19.0 Å². The summed E-state index contributed by atoms with van der Waals surface area (Å²) in [5, 5.41) is 12.7. The van der Waals surface area contributed by atoms with Crippen LogP contribution in [0, 0.1) is 18.3 Å². The van der Waals surface area contributed by atoms with Crippen LogP contribution in [0.1, 0.15) is 12.5 Å². The van der Waals surface area contributed by atoms with Crippen LogP contribution in [-0.4, -0.2) is 61.5 Å². The highest BCUT2D eigenvalue weighted by molar-refractivity contribution is 7.07. The number of nitrogens with one attached hydrogen (secondary N) is 1. The third-order valence-electron chi connectivity index (χ3n) is 5.41. The van der Waals surface area contributed by atoms with E-state index in [-0.39, 0.29) is 22.4 Å². The van der Waals surface area contributed by atoms with E-state index in [1.807, 2.05) is 31.2 Å². The van der Waals surface area contributed by atoms with Crippen LogP contribution in [-0.2, 0) is 20.8 Å². The highest BCUT2D eigenvalue weighted by Gasteiger charge is 2.16. The van der Waals surface area contributed by atoms with Gasteiger partial charge in [-0.15, -0.1) is 11.3 Å². The van der Waals surface area contributed by atoms with Crippen LogP contribution in [0.3, 0.4) is 0 Å². The highest BCUT2D eigenvalue weighted by Crippen LogP contribution is 2.22. The zero-order valence-electron chi connectivity index (χ0n) is 20.0. The Morgan fingerprint density at radius 3 is 2.83 bits per heavy atom. The number of nitrogens with zero attached hydrogens (tertiary/aromatic N) is 3. The first-order valence-corrected chi connectivity index (χ1v) is 12.2. The van der Waals surface area contributed by atoms with Crippen molar-refractivity contribution in [3.8, 4) is 11.8 Å². The van der Waals surface area contributed by atoms with Crippen molar-refractivity contribution in [2.24, 2.45) is 0 Å². The Balaban J connectivity index is 1.80. The predicted molar refractivity (Wildman–Crippen MR) is 136 cm³/mol. The molecular weight excluding hydrogens is 468 g/mol. The van der Waals surface area contributed by atoms with Crippen molar-refractivity contribution in [1.29, 1.82) is 5.26 Å². The average molecular weight is 499 g/mol. The van der Waals surface area contributed by atoms with Gasteiger partial charge in [0, 0.05) is 44.1 Å². The zero-order valence-corrected chi connectivity index (χ0v) is 20.9. The maximum Gasteiger partial charge on any atom is 0.352 e. The molecule has 9 nitrogen and oxygen atoms in total. The van der Waals surface area contributed by atoms with E-state index < -0.39 is 5.97 Å². The zero-order chi connectivity index (χ0) is 25.2. The molecule has 3 rings (SSSR count). The van der Waals surface area contributed by atoms with Gasteiger partial charge >= 0.3 is 5.97 Å². The smallest absolute Gasteiger partial charge is 0.352 e. The van der Waals surface area contributed by atoms with Gasteiger partial charge in [0.05, 0.1) is 13.2 Å². The number of esters is 1. The first-order chi connectivity index (χ1) is 17.0. The van der Waals surface area contributed by atoms with Crippen LogP contribution in [0.4, 0.5) is 5.69 Å². The largest absolute Gasteiger partial charge is 0.492 e. The van der Waals surface area contributed by atoms with Gasteiger partial charge in [-0.05, 0) is 25.5 Å². The number of carbonyl (C=O) groups is 1. The molecule has 0 saturated carbocycles. The van der Waals surface area contributed by atoms with Gasteiger partial charge in [-0.2, -0.15) is 5.26 Å². The molecule has 2 heterocycles. The number of hydrogen-bond acceptors (Lipinski definition) is 9. The third-order valence-corrected chi connectivity index (χ3v) is 6.54. The van der Waals surface area contributed by atoms with Gasteiger partial charge in [-0.3, -0.25) is 14.3 Å². The Morgan fingerprint density at radius 1 is 1.37 bits per heavy atom. The first-order valence-electron chi connectivity index (χ1n) is 11.4. The SMILES string of the molecule is C=CCOC(=O)/C(C#N)=c1\s/c(=C/Nc2ccc(C)c(OCCN3CCOCC3)c2)c(=O)n1CC. The van der Waals surface area contributed by atoms with Crippen molar-refractivity contribution in [1.82, 2.24) is 9.47 Å². The third kappa shape index (κ3) is 6.82. The number of nitriles is 1. The van der Waals surface area contributed by atoms with Gasteiger partial charge in [0.15, 0.2) is 5.57 Å². The molecule has 2 aromatic rings. The van der Waals surface area contributed by atoms with E-state index in [2.05, 4.69) is 16.8 Å². The number of hydrogen-bond donors (Lipinski definition) is 1. The average Bonchev–Trinajstić information content (AvgIpc) is 3.18. The molecule has 35 heavy (non-hydrogen) atoms. The number of anilines is 1. The molecule has 0 aliphatic carbocycles. The topological polar surface area (TPSA) is 106 Å². The van der Waals surface area contributed by atoms with E-state index in [1.165, 1.54) is 10.6 Å². The normalized spacial score (nSPS) is 15.3. The Bertz CT molecular complexity index is 1270. The number of morpholine rings is 1. The lowest BCUT2D eigenvalue weighted by Gasteiger charge is -2.26. The fourth-order valence-corrected chi connectivity index (χ4v) is 4.56. The minimum atomic E-state index is -0.784. The minimum absolute atomic E-state index is 0.0173. The quantitative estimate of drug-likeness (QED) is 0.385. The van der Waals surface area contributed by atoms with Gasteiger partial charge in [0.25, 0.3) is 5.56 Å². The second kappa shape index (κ2) is 12.9. The summed E-state index contributed by atoms with van der Waals surface area (Å²) in [5.41, 5.74) is 1.26. The van der Waals surface area contributed by atoms with Crippen molar-refractivity contribution in [3.05, 3.63) is 56.0 Å². The van der Waals surface area contributed by atoms with Crippen molar-refractivity contribution in [2.75, 3.05) is 51.4 Å². The number of aryl methyl sites for hydroxylation is 1. The Hall–Kier alpha value is -3.39. The van der Waals surface area contributed by atoms with Gasteiger partial charge in [-0.25, -0.2) is 4.79 Å². The molecule has 1 saturated heterocycles. The Kier molecular flexibility index (Phi) is 9.66. The van der Waals surface area contributed by atoms with E-state index in [0.717, 1.165) is 61.2 Å². The summed E-state index contributed by atoms with van der Waals surface area (Å²) in [7, 11) is 0. The molecule has 1 fully saturated rings. The maximum atomic E-state index is 12.9. The molecular formula is C25H30N4O5S. The van der Waals surface area contributed by atoms with Crippen molar-refractivity contribution >= 4 is 34.8 Å². The van der Waals surface area contributed by atoms with Crippen LogP contribution in [0.15, 0.2) is 35.6 Å². The van der Waals surface area contributed by atoms with Crippen LogP contribution in [0.25, 0.3) is 11.8 Å². The summed E-state index contributed by atoms with van der Waals surface area (Å²) in [6.45, 7) is 12.3. The van der Waals surface area contributed by atoms with Gasteiger partial charge in [-0.1, -0.05) is 18.7 Å². The molecule has 1 aliphatic rings. The summed E-state index contributed by atoms with van der Waals surface area (Å²) < 4.78 is 18.4. The second-order valence-corrected chi connectivity index (χ2v) is 8.80. The summed E-state index contributed by atoms with van der Waals surface area (Å²) in [5.74, 6) is -0.0210. The molecule has 0 unspecified atom stereocenters. The molecule has 0 amide bonds. The molecule has 186 valence electrons. The number of carbonyl (C=O) groups excluding carboxylic acids is 1. The lowest BCUT2D eigenvalue weighted by atomic mass is 10.2. The molecule has 1 N–H and O–H groups in total. The van der Waals surface area contributed by atoms with Crippen LogP contribution in [0.5, 0.6) is 5.75 Å². The summed E-state index contributed by atoms with van der Waals surface area (Å²) in [6.07, 6.45) is 2.99. The van der Waals surface area contributed by atoms with Crippen LogP contribution >= 0.6 is 11.3 Å². The molecule has 0 radical (unpaired) electrons. The summed E-state index contributed by atoms with van der Waals surface area (Å²) in [6, 6.07) is 7.60. The molecule has 0 spiro atoms. The summed E-state index contributed by atoms with van der Waals surface area (Å²) >= 11 is 1.06. The second-order valence-electron chi connectivity index (χ2n) is 7.77. The number of thiazole rings is 1. The van der Waals surface area contributed by atoms with Gasteiger partial charge in [0.1, 0.15) is 34.2 Å². The predicted octanol–water partition coefficient (Wildman–Crippen LogP) is 1.20. The fourth-order valence-electron chi connectivity index (χ4n) is 3.48. The van der Waals surface area contributed by atoms with Gasteiger partial charge < -0.3 is 19.5 Å². The van der Waals surface area contributed by atoms with E-state index in [0.29, 0.717) is 17.7 Å². The molecule has 1 aromatic carbocycles. The van der Waals surface area contributed by atoms with Crippen molar-refractivity contribution in [3.63, 3.8) is 0 Å². The van der Waals surface area contributed by atoms with E-state index in [4.69, 9.17) is 14.2 Å². The van der Waals surface area contributed by atoms with Crippen LogP contribution in [0.2, 0.25) is 0 Å². The van der Waals surface area contributed by atoms with E-state index in [1.54, 1.807) is 13.1 Å². The minimum Gasteiger partial charge on any atom is -0.492 e. The first kappa shape index (κ1) is 26.2. The molecule has 0 atom stereocenters. The monoisotopic (exact) mass is 498 g/mol. The van der Waals surface area contributed by atoms with E-state index >= 15 is 0 Å². The van der Waals surface area contributed by atoms with Crippen LogP contribution < -0.4 is 24.8 Å². The lowest BCUT2D eigenvalue weighted by Crippen LogP contribution is -2.38. The Labute approximate surface area is 208 Å². The summed E-state index contributed by atoms with van der Waals surface area (Å²) in [4.78, 5) is 27.5. The molecule has 10 heteroatoms. The number of aromatic nitrogens is 1. The van der Waals surface area contributed by atoms with Crippen molar-refractivity contribution in [2.45, 2.75) is 20.4 Å². The molecule has 1 aromatic heterocycles. The highest BCUT2D eigenvalue weighted by atomic mass is 32.1. The fraction of sp³-hybridized carbons (Fsp3) is 0.400. The molecule has 1 aliphatic heterocycles. The molecule has 0 bridgehead atoms. The van der Waals surface area contributed by atoms with E-state index in [9.17, 15) is 14.9 Å². The number of ether oxygens (including phenoxy) is 3. The Morgan fingerprint density at radius 2 is 2.14 bits per heavy atom. The maximum absolute atomic E-state index is 12.9. The number of rotatable bonds is 10. The van der Waals surface area contributed by atoms with Gasteiger partial charge in [0.2, 0.25) is 0 Å².